The molecule has 0 aliphatic heterocycles. The van der Waals surface area contributed by atoms with Crippen molar-refractivity contribution in [1.82, 2.24) is 5.43 Å². The number of hydrogen-bond acceptors (Lipinski definition) is 4. The fourth-order valence-electron chi connectivity index (χ4n) is 1.53. The van der Waals surface area contributed by atoms with E-state index in [0.29, 0.717) is 21.4 Å². The molecule has 0 saturated carbocycles. The molecule has 7 heteroatoms. The first-order valence-corrected chi connectivity index (χ1v) is 6.71. The fourth-order valence-corrected chi connectivity index (χ4v) is 2.36. The molecule has 2 rings (SSSR count). The fraction of sp³-hybridized carbons (Fsp3) is 0.0769. The summed E-state index contributed by atoms with van der Waals surface area (Å²) in [6.07, 6.45) is 2.73. The quantitative estimate of drug-likeness (QED) is 0.652. The van der Waals surface area contributed by atoms with Crippen LogP contribution in [-0.2, 0) is 0 Å². The minimum Gasteiger partial charge on any atom is -0.506 e. The smallest absolute Gasteiger partial charge is 0.274 e. The molecule has 1 aromatic carbocycles. The van der Waals surface area contributed by atoms with Crippen LogP contribution in [0.1, 0.15) is 21.7 Å². The van der Waals surface area contributed by atoms with Gasteiger partial charge in [0.25, 0.3) is 5.91 Å². The third kappa shape index (κ3) is 3.20. The largest absolute Gasteiger partial charge is 0.506 e. The van der Waals surface area contributed by atoms with Gasteiger partial charge in [0, 0.05) is 10.0 Å². The summed E-state index contributed by atoms with van der Waals surface area (Å²) in [6.45, 7) is 1.68. The van der Waals surface area contributed by atoms with Gasteiger partial charge in [0.15, 0.2) is 0 Å². The lowest BCUT2D eigenvalue weighted by atomic mass is 10.2. The number of hydrogen-bond donors (Lipinski definition) is 2. The molecule has 2 N–H and O–H groups in total. The third-order valence-electron chi connectivity index (χ3n) is 2.53. The monoisotopic (exact) mass is 356 g/mol. The molecule has 0 bridgehead atoms. The van der Waals surface area contributed by atoms with Crippen molar-refractivity contribution in [2.75, 3.05) is 0 Å². The standard InChI is InChI=1S/C13H10BrClN2O3/c1-7-10(2-3-20-7)13(19)17-16-6-8-4-9(14)5-11(15)12(8)18/h2-6,18H,1H3,(H,17,19)/b16-6-. The van der Waals surface area contributed by atoms with Crippen LogP contribution in [0.3, 0.4) is 0 Å². The van der Waals surface area contributed by atoms with Crippen molar-refractivity contribution in [2.45, 2.75) is 6.92 Å². The third-order valence-corrected chi connectivity index (χ3v) is 3.28. The van der Waals surface area contributed by atoms with Crippen LogP contribution in [0.25, 0.3) is 0 Å². The van der Waals surface area contributed by atoms with Gasteiger partial charge in [-0.3, -0.25) is 4.79 Å². The topological polar surface area (TPSA) is 74.8 Å². The van der Waals surface area contributed by atoms with Crippen LogP contribution < -0.4 is 5.43 Å². The molecular formula is C13H10BrClN2O3. The number of nitrogens with one attached hydrogen (secondary N) is 1. The summed E-state index contributed by atoms with van der Waals surface area (Å²) in [4.78, 5) is 11.8. The Kier molecular flexibility index (Phi) is 4.46. The Morgan fingerprint density at radius 3 is 2.95 bits per heavy atom. The number of carbonyl (C=O) groups excluding carboxylic acids is 1. The highest BCUT2D eigenvalue weighted by Crippen LogP contribution is 2.30. The Morgan fingerprint density at radius 2 is 2.30 bits per heavy atom. The van der Waals surface area contributed by atoms with Crippen molar-refractivity contribution < 1.29 is 14.3 Å². The highest BCUT2D eigenvalue weighted by molar-refractivity contribution is 9.10. The lowest BCUT2D eigenvalue weighted by Crippen LogP contribution is -2.17. The molecule has 2 aromatic rings. The van der Waals surface area contributed by atoms with Gasteiger partial charge in [0.1, 0.15) is 11.5 Å². The highest BCUT2D eigenvalue weighted by Gasteiger charge is 2.10. The zero-order valence-corrected chi connectivity index (χ0v) is 12.7. The molecule has 5 nitrogen and oxygen atoms in total. The molecule has 0 saturated heterocycles. The van der Waals surface area contributed by atoms with Gasteiger partial charge in [-0.15, -0.1) is 0 Å². The molecule has 0 radical (unpaired) electrons. The maximum Gasteiger partial charge on any atom is 0.274 e. The molecule has 0 aliphatic rings. The lowest BCUT2D eigenvalue weighted by molar-refractivity contribution is 0.0953. The average Bonchev–Trinajstić information content (AvgIpc) is 2.81. The van der Waals surface area contributed by atoms with Crippen LogP contribution in [0.15, 0.2) is 38.5 Å². The number of amides is 1. The van der Waals surface area contributed by atoms with E-state index in [4.69, 9.17) is 16.0 Å². The van der Waals surface area contributed by atoms with Gasteiger partial charge < -0.3 is 9.52 Å². The summed E-state index contributed by atoms with van der Waals surface area (Å²) in [5.41, 5.74) is 3.13. The Bertz CT molecular complexity index is 682. The predicted molar refractivity (Wildman–Crippen MR) is 79.3 cm³/mol. The first-order valence-electron chi connectivity index (χ1n) is 5.54. The molecule has 0 unspecified atom stereocenters. The first kappa shape index (κ1) is 14.6. The van der Waals surface area contributed by atoms with Crippen LogP contribution in [0.2, 0.25) is 5.02 Å². The Hall–Kier alpha value is -1.79. The summed E-state index contributed by atoms with van der Waals surface area (Å²) in [5, 5.41) is 13.7. The molecular weight excluding hydrogens is 348 g/mol. The van der Waals surface area contributed by atoms with Crippen LogP contribution in [0.4, 0.5) is 0 Å². The van der Waals surface area contributed by atoms with Crippen molar-refractivity contribution in [1.29, 1.82) is 0 Å². The Morgan fingerprint density at radius 1 is 1.55 bits per heavy atom. The van der Waals surface area contributed by atoms with Gasteiger partial charge in [0.2, 0.25) is 0 Å². The normalized spacial score (nSPS) is 10.9. The van der Waals surface area contributed by atoms with E-state index in [9.17, 15) is 9.90 Å². The van der Waals surface area contributed by atoms with E-state index in [1.165, 1.54) is 12.5 Å². The molecule has 0 fully saturated rings. The SMILES string of the molecule is Cc1occc1C(=O)N/N=C\c1cc(Br)cc(Cl)c1O. The van der Waals surface area contributed by atoms with Gasteiger partial charge in [-0.05, 0) is 25.1 Å². The van der Waals surface area contributed by atoms with Gasteiger partial charge in [-0.1, -0.05) is 27.5 Å². The number of benzene rings is 1. The van der Waals surface area contributed by atoms with E-state index in [-0.39, 0.29) is 10.8 Å². The average molecular weight is 358 g/mol. The molecule has 1 aromatic heterocycles. The summed E-state index contributed by atoms with van der Waals surface area (Å²) in [5.74, 6) is 0.00601. The number of phenols is 1. The summed E-state index contributed by atoms with van der Waals surface area (Å²) < 4.78 is 5.72. The second-order valence-corrected chi connectivity index (χ2v) is 5.24. The number of rotatable bonds is 3. The van der Waals surface area contributed by atoms with E-state index in [1.807, 2.05) is 0 Å². The van der Waals surface area contributed by atoms with E-state index >= 15 is 0 Å². The maximum atomic E-state index is 11.8. The van der Waals surface area contributed by atoms with Crippen LogP contribution in [0, 0.1) is 6.92 Å². The van der Waals surface area contributed by atoms with Crippen LogP contribution in [0.5, 0.6) is 5.75 Å². The highest BCUT2D eigenvalue weighted by atomic mass is 79.9. The van der Waals surface area contributed by atoms with Gasteiger partial charge in [-0.25, -0.2) is 5.43 Å². The summed E-state index contributed by atoms with van der Waals surface area (Å²) in [6, 6.07) is 4.73. The zero-order valence-electron chi connectivity index (χ0n) is 10.4. The summed E-state index contributed by atoms with van der Waals surface area (Å²) in [7, 11) is 0. The first-order chi connectivity index (χ1) is 9.49. The number of halogens is 2. The maximum absolute atomic E-state index is 11.8. The van der Waals surface area contributed by atoms with Gasteiger partial charge in [0.05, 0.1) is 23.1 Å². The molecule has 1 amide bonds. The number of aromatic hydroxyl groups is 1. The van der Waals surface area contributed by atoms with E-state index in [1.54, 1.807) is 25.1 Å². The molecule has 104 valence electrons. The van der Waals surface area contributed by atoms with Crippen molar-refractivity contribution in [3.63, 3.8) is 0 Å². The minimum absolute atomic E-state index is 0.104. The molecule has 0 spiro atoms. The lowest BCUT2D eigenvalue weighted by Gasteiger charge is -2.02. The zero-order chi connectivity index (χ0) is 14.7. The van der Waals surface area contributed by atoms with E-state index < -0.39 is 5.91 Å². The minimum atomic E-state index is -0.395. The van der Waals surface area contributed by atoms with E-state index in [2.05, 4.69) is 26.5 Å². The Labute approximate surface area is 128 Å². The van der Waals surface area contributed by atoms with Crippen molar-refractivity contribution in [3.05, 3.63) is 50.8 Å². The van der Waals surface area contributed by atoms with Crippen molar-refractivity contribution in [3.8, 4) is 5.75 Å². The second kappa shape index (κ2) is 6.11. The number of carbonyl (C=O) groups is 1. The molecule has 0 aliphatic carbocycles. The van der Waals surface area contributed by atoms with E-state index in [0.717, 1.165) is 0 Å². The van der Waals surface area contributed by atoms with Crippen LogP contribution in [-0.4, -0.2) is 17.2 Å². The van der Waals surface area contributed by atoms with Gasteiger partial charge in [-0.2, -0.15) is 5.10 Å². The number of hydrazone groups is 1. The van der Waals surface area contributed by atoms with Crippen molar-refractivity contribution in [2.24, 2.45) is 5.10 Å². The Balaban J connectivity index is 2.11. The number of phenolic OH excluding ortho intramolecular Hbond substituents is 1. The summed E-state index contributed by atoms with van der Waals surface area (Å²) >= 11 is 9.07. The number of aryl methyl sites for hydroxylation is 1. The second-order valence-electron chi connectivity index (χ2n) is 3.92. The molecule has 0 atom stereocenters. The predicted octanol–water partition coefficient (Wildman–Crippen LogP) is 3.47. The molecule has 1 heterocycles. The van der Waals surface area contributed by atoms with Crippen LogP contribution >= 0.6 is 27.5 Å². The van der Waals surface area contributed by atoms with Crippen molar-refractivity contribution >= 4 is 39.7 Å². The number of nitrogens with zero attached hydrogens (tertiary/aromatic N) is 1. The molecule has 20 heavy (non-hydrogen) atoms. The number of furan rings is 1. The van der Waals surface area contributed by atoms with Gasteiger partial charge >= 0.3 is 0 Å².